The van der Waals surface area contributed by atoms with Gasteiger partial charge in [-0.15, -0.1) is 0 Å². The lowest BCUT2D eigenvalue weighted by molar-refractivity contribution is 0.0498. The summed E-state index contributed by atoms with van der Waals surface area (Å²) in [6, 6.07) is 18.1. The smallest absolute Gasteiger partial charge is 0.257 e. The molecule has 0 bridgehead atoms. The van der Waals surface area contributed by atoms with Gasteiger partial charge in [-0.1, -0.05) is 36.4 Å². The maximum atomic E-state index is 13.8. The lowest BCUT2D eigenvalue weighted by Gasteiger charge is -2.41. The van der Waals surface area contributed by atoms with Crippen LogP contribution in [-0.2, 0) is 0 Å². The molecule has 2 aliphatic rings. The summed E-state index contributed by atoms with van der Waals surface area (Å²) < 4.78 is 0. The number of hydrogen-bond donors (Lipinski definition) is 0. The second kappa shape index (κ2) is 8.04. The molecule has 2 aromatic carbocycles. The third kappa shape index (κ3) is 3.48. The molecule has 0 N–H and O–H groups in total. The van der Waals surface area contributed by atoms with Gasteiger partial charge in [0.25, 0.3) is 5.91 Å². The zero-order chi connectivity index (χ0) is 19.5. The Balaban J connectivity index is 1.74. The minimum Gasteiger partial charge on any atom is -0.371 e. The van der Waals surface area contributed by atoms with E-state index in [1.807, 2.05) is 35.2 Å². The van der Waals surface area contributed by atoms with Crippen molar-refractivity contribution in [2.45, 2.75) is 18.9 Å². The summed E-state index contributed by atoms with van der Waals surface area (Å²) in [6.07, 6.45) is 2.26. The predicted molar refractivity (Wildman–Crippen MR) is 110 cm³/mol. The van der Waals surface area contributed by atoms with Gasteiger partial charge >= 0.3 is 0 Å². The Labute approximate surface area is 166 Å². The minimum atomic E-state index is -0.0268. The third-order valence-electron chi connectivity index (χ3n) is 5.85. The van der Waals surface area contributed by atoms with Gasteiger partial charge < -0.3 is 14.7 Å². The van der Waals surface area contributed by atoms with E-state index in [4.69, 9.17) is 0 Å². The second-order valence-corrected chi connectivity index (χ2v) is 7.69. The molecule has 1 unspecified atom stereocenters. The molecule has 2 aliphatic heterocycles. The summed E-state index contributed by atoms with van der Waals surface area (Å²) in [7, 11) is 2.09. The highest BCUT2D eigenvalue weighted by atomic mass is 16.2. The molecule has 0 radical (unpaired) electrons. The number of amides is 1. The number of nitriles is 1. The Morgan fingerprint density at radius 1 is 1.00 bits per heavy atom. The first-order valence-corrected chi connectivity index (χ1v) is 10.0. The highest BCUT2D eigenvalue weighted by molar-refractivity contribution is 6.02. The molecule has 28 heavy (non-hydrogen) atoms. The van der Waals surface area contributed by atoms with E-state index in [-0.39, 0.29) is 11.9 Å². The van der Waals surface area contributed by atoms with Crippen LogP contribution < -0.4 is 4.90 Å². The molecule has 0 saturated carbocycles. The van der Waals surface area contributed by atoms with Gasteiger partial charge in [-0.05, 0) is 37.6 Å². The number of benzene rings is 2. The van der Waals surface area contributed by atoms with Crippen LogP contribution in [0.1, 0.15) is 40.4 Å². The third-order valence-corrected chi connectivity index (χ3v) is 5.85. The fraction of sp³-hybridized carbons (Fsp3) is 0.391. The number of nitrogens with zero attached hydrogens (tertiary/aromatic N) is 4. The van der Waals surface area contributed by atoms with Crippen LogP contribution in [0, 0.1) is 11.3 Å². The van der Waals surface area contributed by atoms with Crippen molar-refractivity contribution in [1.29, 1.82) is 5.26 Å². The molecule has 1 amide bonds. The summed E-state index contributed by atoms with van der Waals surface area (Å²) in [6.45, 7) is 4.18. The van der Waals surface area contributed by atoms with Gasteiger partial charge in [-0.2, -0.15) is 5.26 Å². The summed E-state index contributed by atoms with van der Waals surface area (Å²) in [4.78, 5) is 20.3. The average Bonchev–Trinajstić information content (AvgIpc) is 3.28. The van der Waals surface area contributed by atoms with Crippen molar-refractivity contribution >= 4 is 11.6 Å². The second-order valence-electron chi connectivity index (χ2n) is 7.69. The normalized spacial score (nSPS) is 20.2. The first-order valence-electron chi connectivity index (χ1n) is 10.0. The standard InChI is InChI=1S/C23H26N4O/c1-25-14-15-27(21(17-25)18-8-3-2-4-9-18)23(28)22-19(16-24)10-7-11-20(22)26-12-5-6-13-26/h2-4,7-11,21H,5-6,12-15,17H2,1H3. The topological polar surface area (TPSA) is 50.6 Å². The van der Waals surface area contributed by atoms with E-state index in [9.17, 15) is 10.1 Å². The first-order chi connectivity index (χ1) is 13.7. The van der Waals surface area contributed by atoms with Crippen LogP contribution in [0.3, 0.4) is 0 Å². The largest absolute Gasteiger partial charge is 0.371 e. The SMILES string of the molecule is CN1CCN(C(=O)c2c(C#N)cccc2N2CCCC2)C(c2ccccc2)C1. The number of piperazine rings is 1. The summed E-state index contributed by atoms with van der Waals surface area (Å²) in [5.41, 5.74) is 3.09. The fourth-order valence-electron chi connectivity index (χ4n) is 4.35. The highest BCUT2D eigenvalue weighted by Crippen LogP contribution is 2.32. The molecule has 2 fully saturated rings. The zero-order valence-electron chi connectivity index (χ0n) is 16.3. The number of carbonyl (C=O) groups is 1. The van der Waals surface area contributed by atoms with Crippen molar-refractivity contribution in [3.63, 3.8) is 0 Å². The van der Waals surface area contributed by atoms with Gasteiger partial charge in [0, 0.05) is 32.7 Å². The molecular weight excluding hydrogens is 348 g/mol. The van der Waals surface area contributed by atoms with E-state index in [1.165, 1.54) is 0 Å². The van der Waals surface area contributed by atoms with Crippen molar-refractivity contribution in [1.82, 2.24) is 9.80 Å². The monoisotopic (exact) mass is 374 g/mol. The molecule has 2 aromatic rings. The fourth-order valence-corrected chi connectivity index (χ4v) is 4.35. The van der Waals surface area contributed by atoms with Gasteiger partial charge in [0.1, 0.15) is 6.07 Å². The van der Waals surface area contributed by atoms with Crippen molar-refractivity contribution in [2.24, 2.45) is 0 Å². The zero-order valence-corrected chi connectivity index (χ0v) is 16.3. The molecular formula is C23H26N4O. The van der Waals surface area contributed by atoms with Gasteiger partial charge in [0.2, 0.25) is 0 Å². The molecule has 2 saturated heterocycles. The number of hydrogen-bond acceptors (Lipinski definition) is 4. The summed E-state index contributed by atoms with van der Waals surface area (Å²) >= 11 is 0. The van der Waals surface area contributed by atoms with Crippen molar-refractivity contribution < 1.29 is 4.79 Å². The lowest BCUT2D eigenvalue weighted by Crippen LogP contribution is -2.49. The van der Waals surface area contributed by atoms with Gasteiger partial charge in [0.15, 0.2) is 0 Å². The molecule has 144 valence electrons. The molecule has 5 nitrogen and oxygen atoms in total. The van der Waals surface area contributed by atoms with Crippen molar-refractivity contribution in [3.05, 3.63) is 65.2 Å². The van der Waals surface area contributed by atoms with Crippen LogP contribution in [0.25, 0.3) is 0 Å². The summed E-state index contributed by atoms with van der Waals surface area (Å²) in [5.74, 6) is -0.0268. The van der Waals surface area contributed by atoms with E-state index < -0.39 is 0 Å². The van der Waals surface area contributed by atoms with Crippen LogP contribution in [0.2, 0.25) is 0 Å². The molecule has 1 atom stereocenters. The van der Waals surface area contributed by atoms with Crippen molar-refractivity contribution in [2.75, 3.05) is 44.7 Å². The minimum absolute atomic E-state index is 0.00868. The highest BCUT2D eigenvalue weighted by Gasteiger charge is 2.34. The summed E-state index contributed by atoms with van der Waals surface area (Å²) in [5, 5.41) is 9.71. The van der Waals surface area contributed by atoms with Crippen LogP contribution >= 0.6 is 0 Å². The molecule has 0 aliphatic carbocycles. The maximum absolute atomic E-state index is 13.8. The maximum Gasteiger partial charge on any atom is 0.257 e. The average molecular weight is 374 g/mol. The van der Waals surface area contributed by atoms with Gasteiger partial charge in [-0.3, -0.25) is 4.79 Å². The van der Waals surface area contributed by atoms with E-state index >= 15 is 0 Å². The van der Waals surface area contributed by atoms with Gasteiger partial charge in [-0.25, -0.2) is 0 Å². The number of anilines is 1. The molecule has 2 heterocycles. The van der Waals surface area contributed by atoms with Gasteiger partial charge in [0.05, 0.1) is 22.9 Å². The molecule has 0 spiro atoms. The van der Waals surface area contributed by atoms with Crippen LogP contribution in [0.5, 0.6) is 0 Å². The van der Waals surface area contributed by atoms with Crippen LogP contribution in [0.15, 0.2) is 48.5 Å². The molecule has 4 rings (SSSR count). The van der Waals surface area contributed by atoms with Crippen LogP contribution in [0.4, 0.5) is 5.69 Å². The Morgan fingerprint density at radius 2 is 1.75 bits per heavy atom. The van der Waals surface area contributed by atoms with Crippen molar-refractivity contribution in [3.8, 4) is 6.07 Å². The number of rotatable bonds is 3. The molecule has 0 aromatic heterocycles. The number of likely N-dealkylation sites (N-methyl/N-ethyl adjacent to an activating group) is 1. The van der Waals surface area contributed by atoms with Crippen LogP contribution in [-0.4, -0.2) is 55.5 Å². The first kappa shape index (κ1) is 18.5. The predicted octanol–water partition coefficient (Wildman–Crippen LogP) is 3.29. The Kier molecular flexibility index (Phi) is 5.31. The Hall–Kier alpha value is -2.84. The number of carbonyl (C=O) groups excluding carboxylic acids is 1. The van der Waals surface area contributed by atoms with E-state index in [1.54, 1.807) is 6.07 Å². The van der Waals surface area contributed by atoms with E-state index in [2.05, 4.69) is 35.0 Å². The van der Waals surface area contributed by atoms with E-state index in [0.29, 0.717) is 17.7 Å². The quantitative estimate of drug-likeness (QED) is 0.827. The Morgan fingerprint density at radius 3 is 2.46 bits per heavy atom. The lowest BCUT2D eigenvalue weighted by atomic mass is 9.98. The molecule has 5 heteroatoms. The Bertz CT molecular complexity index is 883. The van der Waals surface area contributed by atoms with E-state index in [0.717, 1.165) is 50.3 Å².